The average molecular weight is 517 g/mol. The Labute approximate surface area is 220 Å². The van der Waals surface area contributed by atoms with Gasteiger partial charge in [0.05, 0.1) is 43.2 Å². The predicted molar refractivity (Wildman–Crippen MR) is 140 cm³/mol. The van der Waals surface area contributed by atoms with Crippen molar-refractivity contribution in [1.82, 2.24) is 39.5 Å². The molecule has 11 heteroatoms. The van der Waals surface area contributed by atoms with Gasteiger partial charge >= 0.3 is 0 Å². The van der Waals surface area contributed by atoms with Gasteiger partial charge in [-0.05, 0) is 24.5 Å². The van der Waals surface area contributed by atoms with E-state index in [2.05, 4.69) is 31.0 Å². The molecule has 0 spiro atoms. The Morgan fingerprint density at radius 2 is 2.18 bits per heavy atom. The van der Waals surface area contributed by atoms with Crippen LogP contribution in [0.2, 0.25) is 0 Å². The molecule has 6 rings (SSSR count). The quantitative estimate of drug-likeness (QED) is 0.380. The molecule has 1 aromatic carbocycles. The lowest BCUT2D eigenvalue weighted by Crippen LogP contribution is -2.52. The summed E-state index contributed by atoms with van der Waals surface area (Å²) < 4.78 is 12.9. The summed E-state index contributed by atoms with van der Waals surface area (Å²) in [5, 5.41) is 5.15. The molecule has 1 N–H and O–H groups in total. The molecule has 0 aliphatic carbocycles. The number of fused-ring (bicyclic) bond motifs is 1. The van der Waals surface area contributed by atoms with Gasteiger partial charge in [-0.15, -0.1) is 0 Å². The van der Waals surface area contributed by atoms with Crippen molar-refractivity contribution in [3.05, 3.63) is 55.0 Å². The molecule has 2 aliphatic rings. The first-order chi connectivity index (χ1) is 18.7. The minimum absolute atomic E-state index is 0.0808. The van der Waals surface area contributed by atoms with E-state index >= 15 is 0 Å². The Kier molecular flexibility index (Phi) is 7.02. The van der Waals surface area contributed by atoms with Crippen LogP contribution in [0.5, 0.6) is 5.88 Å². The van der Waals surface area contributed by atoms with Crippen LogP contribution in [0.1, 0.15) is 24.7 Å². The van der Waals surface area contributed by atoms with Crippen LogP contribution >= 0.6 is 0 Å². The van der Waals surface area contributed by atoms with Gasteiger partial charge in [0.1, 0.15) is 24.5 Å². The summed E-state index contributed by atoms with van der Waals surface area (Å²) in [5.74, 6) is 1.91. The van der Waals surface area contributed by atoms with Gasteiger partial charge in [0.2, 0.25) is 11.8 Å². The Hall–Kier alpha value is -3.83. The van der Waals surface area contributed by atoms with E-state index in [1.165, 1.54) is 6.33 Å². The van der Waals surface area contributed by atoms with Gasteiger partial charge in [0.25, 0.3) is 0 Å². The lowest BCUT2D eigenvalue weighted by atomic mass is 10.1. The van der Waals surface area contributed by atoms with Gasteiger partial charge in [-0.1, -0.05) is 18.2 Å². The number of para-hydroxylation sites is 1. The van der Waals surface area contributed by atoms with Crippen LogP contribution in [0.15, 0.2) is 49.2 Å². The molecule has 2 aliphatic heterocycles. The SMILES string of the molecule is COc1nc2ccccc2cc1-c1cnc(C2CN(CC3CCOC3)CCN2C(=O)CCn2cncn2)[nH]1. The number of aromatic nitrogens is 6. The fraction of sp³-hybridized carbons (Fsp3) is 0.444. The number of aromatic amines is 1. The zero-order valence-electron chi connectivity index (χ0n) is 21.5. The second kappa shape index (κ2) is 10.9. The highest BCUT2D eigenvalue weighted by atomic mass is 16.5. The third kappa shape index (κ3) is 5.11. The molecule has 2 fully saturated rings. The Morgan fingerprint density at radius 3 is 3.00 bits per heavy atom. The number of hydrogen-bond acceptors (Lipinski definition) is 8. The summed E-state index contributed by atoms with van der Waals surface area (Å²) in [6, 6.07) is 9.82. The highest BCUT2D eigenvalue weighted by molar-refractivity contribution is 5.85. The predicted octanol–water partition coefficient (Wildman–Crippen LogP) is 2.54. The molecule has 1 amide bonds. The zero-order valence-corrected chi connectivity index (χ0v) is 21.5. The van der Waals surface area contributed by atoms with Crippen LogP contribution in [-0.2, 0) is 16.1 Å². The van der Waals surface area contributed by atoms with Crippen molar-refractivity contribution < 1.29 is 14.3 Å². The third-order valence-corrected chi connectivity index (χ3v) is 7.43. The lowest BCUT2D eigenvalue weighted by Gasteiger charge is -2.41. The van der Waals surface area contributed by atoms with Crippen LogP contribution in [0.4, 0.5) is 0 Å². The van der Waals surface area contributed by atoms with E-state index in [1.807, 2.05) is 35.4 Å². The summed E-state index contributed by atoms with van der Waals surface area (Å²) in [6.07, 6.45) is 6.37. The number of amides is 1. The highest BCUT2D eigenvalue weighted by Gasteiger charge is 2.34. The average Bonchev–Trinajstić information content (AvgIpc) is 3.74. The number of piperazine rings is 1. The smallest absolute Gasteiger partial charge is 0.225 e. The number of pyridine rings is 1. The van der Waals surface area contributed by atoms with Crippen molar-refractivity contribution in [3.63, 3.8) is 0 Å². The number of ether oxygens (including phenoxy) is 2. The number of nitrogens with zero attached hydrogens (tertiary/aromatic N) is 7. The fourth-order valence-electron chi connectivity index (χ4n) is 5.42. The number of imidazole rings is 1. The van der Waals surface area contributed by atoms with Crippen molar-refractivity contribution in [2.24, 2.45) is 5.92 Å². The molecular formula is C27H32N8O3. The number of rotatable bonds is 8. The fourth-order valence-corrected chi connectivity index (χ4v) is 5.42. The molecule has 0 radical (unpaired) electrons. The normalized spacial score (nSPS) is 20.3. The number of nitrogens with one attached hydrogen (secondary N) is 1. The molecule has 5 heterocycles. The van der Waals surface area contributed by atoms with E-state index in [4.69, 9.17) is 14.5 Å². The number of H-pyrrole nitrogens is 1. The number of benzene rings is 1. The van der Waals surface area contributed by atoms with Crippen LogP contribution in [0.3, 0.4) is 0 Å². The van der Waals surface area contributed by atoms with E-state index in [-0.39, 0.29) is 11.9 Å². The minimum Gasteiger partial charge on any atom is -0.480 e. The molecule has 38 heavy (non-hydrogen) atoms. The number of aryl methyl sites for hydroxylation is 1. The monoisotopic (exact) mass is 516 g/mol. The summed E-state index contributed by atoms with van der Waals surface area (Å²) in [4.78, 5) is 34.7. The maximum Gasteiger partial charge on any atom is 0.225 e. The van der Waals surface area contributed by atoms with Crippen LogP contribution in [-0.4, -0.2) is 91.9 Å². The summed E-state index contributed by atoms with van der Waals surface area (Å²) in [7, 11) is 1.62. The van der Waals surface area contributed by atoms with Gasteiger partial charge in [-0.2, -0.15) is 5.10 Å². The van der Waals surface area contributed by atoms with E-state index in [0.29, 0.717) is 37.9 Å². The Bertz CT molecular complexity index is 1380. The van der Waals surface area contributed by atoms with Crippen molar-refractivity contribution in [2.45, 2.75) is 25.4 Å². The second-order valence-corrected chi connectivity index (χ2v) is 9.92. The van der Waals surface area contributed by atoms with Gasteiger partial charge in [0, 0.05) is 44.6 Å². The third-order valence-electron chi connectivity index (χ3n) is 7.43. The number of carbonyl (C=O) groups excluding carboxylic acids is 1. The van der Waals surface area contributed by atoms with E-state index in [0.717, 1.165) is 60.7 Å². The first-order valence-electron chi connectivity index (χ1n) is 13.1. The molecule has 4 aromatic rings. The molecular weight excluding hydrogens is 484 g/mol. The van der Waals surface area contributed by atoms with Gasteiger partial charge < -0.3 is 19.4 Å². The highest BCUT2D eigenvalue weighted by Crippen LogP contribution is 2.33. The van der Waals surface area contributed by atoms with Crippen LogP contribution < -0.4 is 4.74 Å². The molecule has 2 saturated heterocycles. The maximum absolute atomic E-state index is 13.4. The first kappa shape index (κ1) is 24.5. The topological polar surface area (TPSA) is 114 Å². The van der Waals surface area contributed by atoms with E-state index < -0.39 is 0 Å². The van der Waals surface area contributed by atoms with Gasteiger partial charge in [-0.25, -0.2) is 15.0 Å². The molecule has 198 valence electrons. The van der Waals surface area contributed by atoms with E-state index in [1.54, 1.807) is 18.1 Å². The lowest BCUT2D eigenvalue weighted by molar-refractivity contribution is -0.137. The molecule has 11 nitrogen and oxygen atoms in total. The molecule has 0 bridgehead atoms. The molecule has 2 atom stereocenters. The second-order valence-electron chi connectivity index (χ2n) is 9.92. The molecule has 0 saturated carbocycles. The van der Waals surface area contributed by atoms with Crippen molar-refractivity contribution in [1.29, 1.82) is 0 Å². The molecule has 2 unspecified atom stereocenters. The number of carbonyl (C=O) groups is 1. The zero-order chi connectivity index (χ0) is 25.9. The van der Waals surface area contributed by atoms with Gasteiger partial charge in [-0.3, -0.25) is 14.4 Å². The van der Waals surface area contributed by atoms with Crippen molar-refractivity contribution in [3.8, 4) is 17.1 Å². The number of methoxy groups -OCH3 is 1. The first-order valence-corrected chi connectivity index (χ1v) is 13.1. The Morgan fingerprint density at radius 1 is 1.26 bits per heavy atom. The summed E-state index contributed by atoms with van der Waals surface area (Å²) >= 11 is 0. The summed E-state index contributed by atoms with van der Waals surface area (Å²) in [6.45, 7) is 5.29. The largest absolute Gasteiger partial charge is 0.480 e. The maximum atomic E-state index is 13.4. The standard InChI is InChI=1S/C27H32N8O3/c1-37-27-21(12-20-4-2-3-5-22(20)32-27)23-13-29-26(31-23)24-15-33(14-19-7-11-38-16-19)9-10-35(24)25(36)6-8-34-18-28-17-30-34/h2-5,12-13,17-19,24H,6-11,14-16H2,1H3,(H,29,31). The van der Waals surface area contributed by atoms with Crippen LogP contribution in [0.25, 0.3) is 22.2 Å². The summed E-state index contributed by atoms with van der Waals surface area (Å²) in [5.41, 5.74) is 2.52. The number of hydrogen-bond donors (Lipinski definition) is 1. The van der Waals surface area contributed by atoms with Crippen molar-refractivity contribution >= 4 is 16.8 Å². The Balaban J connectivity index is 1.27. The van der Waals surface area contributed by atoms with Crippen molar-refractivity contribution in [2.75, 3.05) is 46.5 Å². The van der Waals surface area contributed by atoms with Gasteiger partial charge in [0.15, 0.2) is 0 Å². The van der Waals surface area contributed by atoms with E-state index in [9.17, 15) is 4.79 Å². The van der Waals surface area contributed by atoms with Crippen LogP contribution in [0, 0.1) is 5.92 Å². The molecule has 3 aromatic heterocycles. The minimum atomic E-state index is -0.192.